The number of hydrogen-bond donors (Lipinski definition) is 1. The average molecular weight is 369 g/mol. The lowest BCUT2D eigenvalue weighted by Crippen LogP contribution is -2.24. The highest BCUT2D eigenvalue weighted by molar-refractivity contribution is 9.10. The van der Waals surface area contributed by atoms with Crippen molar-refractivity contribution in [2.24, 2.45) is 0 Å². The predicted molar refractivity (Wildman–Crippen MR) is 100 cm³/mol. The number of nitrogens with zero attached hydrogens (tertiary/aromatic N) is 1. The van der Waals surface area contributed by atoms with Gasteiger partial charge < -0.3 is 9.88 Å². The molecule has 0 unspecified atom stereocenters. The normalized spacial score (nSPS) is 14.4. The van der Waals surface area contributed by atoms with Gasteiger partial charge in [0.05, 0.1) is 5.52 Å². The maximum absolute atomic E-state index is 3.63. The van der Waals surface area contributed by atoms with Gasteiger partial charge in [0, 0.05) is 27.8 Å². The summed E-state index contributed by atoms with van der Waals surface area (Å²) in [5.74, 6) is 0.567. The standard InChI is InChI=1S/C20H21BrN2/c1-13(2)14-3-6-16(7-4-14)23-19-8-5-15(21)11-18(19)17-9-10-22-12-20(17)23/h3-8,11,13,22H,9-10,12H2,1-2H3. The average Bonchev–Trinajstić information content (AvgIpc) is 2.89. The molecule has 118 valence electrons. The van der Waals surface area contributed by atoms with E-state index < -0.39 is 0 Å². The van der Waals surface area contributed by atoms with E-state index in [4.69, 9.17) is 0 Å². The summed E-state index contributed by atoms with van der Waals surface area (Å²) in [7, 11) is 0. The first-order valence-electron chi connectivity index (χ1n) is 8.28. The molecule has 2 aromatic carbocycles. The Morgan fingerprint density at radius 1 is 1.09 bits per heavy atom. The smallest absolute Gasteiger partial charge is 0.0535 e. The quantitative estimate of drug-likeness (QED) is 0.660. The van der Waals surface area contributed by atoms with Gasteiger partial charge >= 0.3 is 0 Å². The third kappa shape index (κ3) is 2.52. The molecule has 2 heterocycles. The van der Waals surface area contributed by atoms with Crippen LogP contribution in [0, 0.1) is 0 Å². The monoisotopic (exact) mass is 368 g/mol. The first-order chi connectivity index (χ1) is 11.1. The predicted octanol–water partition coefficient (Wildman–Crippen LogP) is 5.16. The van der Waals surface area contributed by atoms with Crippen molar-refractivity contribution in [1.29, 1.82) is 0 Å². The molecule has 1 N–H and O–H groups in total. The van der Waals surface area contributed by atoms with E-state index in [1.165, 1.54) is 33.4 Å². The van der Waals surface area contributed by atoms with Crippen LogP contribution in [0.25, 0.3) is 16.6 Å². The van der Waals surface area contributed by atoms with Crippen LogP contribution in [0.2, 0.25) is 0 Å². The van der Waals surface area contributed by atoms with E-state index in [-0.39, 0.29) is 0 Å². The maximum Gasteiger partial charge on any atom is 0.0535 e. The Kier molecular flexibility index (Phi) is 3.78. The second-order valence-electron chi connectivity index (χ2n) is 6.60. The number of hydrogen-bond acceptors (Lipinski definition) is 1. The zero-order chi connectivity index (χ0) is 16.0. The Hall–Kier alpha value is -1.58. The molecule has 0 radical (unpaired) electrons. The maximum atomic E-state index is 3.63. The van der Waals surface area contributed by atoms with Crippen molar-refractivity contribution < 1.29 is 0 Å². The van der Waals surface area contributed by atoms with Crippen LogP contribution in [0.3, 0.4) is 0 Å². The molecule has 1 aliphatic heterocycles. The second-order valence-corrected chi connectivity index (χ2v) is 7.51. The van der Waals surface area contributed by atoms with Crippen molar-refractivity contribution in [3.63, 3.8) is 0 Å². The molecular weight excluding hydrogens is 348 g/mol. The van der Waals surface area contributed by atoms with E-state index in [0.717, 1.165) is 24.0 Å². The van der Waals surface area contributed by atoms with Gasteiger partial charge in [0.15, 0.2) is 0 Å². The lowest BCUT2D eigenvalue weighted by atomic mass is 10.0. The molecule has 0 spiro atoms. The van der Waals surface area contributed by atoms with E-state index in [0.29, 0.717) is 5.92 Å². The van der Waals surface area contributed by atoms with Gasteiger partial charge in [0.1, 0.15) is 0 Å². The highest BCUT2D eigenvalue weighted by Crippen LogP contribution is 2.33. The number of nitrogens with one attached hydrogen (secondary N) is 1. The van der Waals surface area contributed by atoms with Gasteiger partial charge in [-0.2, -0.15) is 0 Å². The van der Waals surface area contributed by atoms with Crippen molar-refractivity contribution >= 4 is 26.8 Å². The van der Waals surface area contributed by atoms with E-state index in [2.05, 4.69) is 82.1 Å². The molecule has 0 bridgehead atoms. The zero-order valence-electron chi connectivity index (χ0n) is 13.6. The third-order valence-electron chi connectivity index (χ3n) is 4.81. The summed E-state index contributed by atoms with van der Waals surface area (Å²) < 4.78 is 3.58. The van der Waals surface area contributed by atoms with Gasteiger partial charge in [-0.1, -0.05) is 41.9 Å². The molecule has 23 heavy (non-hydrogen) atoms. The molecule has 3 aromatic rings. The minimum atomic E-state index is 0.567. The van der Waals surface area contributed by atoms with Crippen molar-refractivity contribution in [3.05, 3.63) is 63.8 Å². The molecule has 3 heteroatoms. The van der Waals surface area contributed by atoms with Crippen LogP contribution in [0.1, 0.15) is 36.6 Å². The third-order valence-corrected chi connectivity index (χ3v) is 5.30. The van der Waals surface area contributed by atoms with Crippen molar-refractivity contribution in [2.75, 3.05) is 6.54 Å². The molecule has 0 amide bonds. The van der Waals surface area contributed by atoms with Gasteiger partial charge in [-0.15, -0.1) is 0 Å². The van der Waals surface area contributed by atoms with Gasteiger partial charge in [-0.3, -0.25) is 0 Å². The molecular formula is C20H21BrN2. The summed E-state index contributed by atoms with van der Waals surface area (Å²) in [5.41, 5.74) is 6.85. The highest BCUT2D eigenvalue weighted by Gasteiger charge is 2.20. The van der Waals surface area contributed by atoms with Gasteiger partial charge in [-0.05, 0) is 60.3 Å². The number of rotatable bonds is 2. The Balaban J connectivity index is 1.95. The lowest BCUT2D eigenvalue weighted by Gasteiger charge is -2.17. The van der Waals surface area contributed by atoms with Crippen molar-refractivity contribution in [2.45, 2.75) is 32.7 Å². The number of benzene rings is 2. The number of aromatic nitrogens is 1. The molecule has 0 saturated heterocycles. The largest absolute Gasteiger partial charge is 0.312 e. The first-order valence-corrected chi connectivity index (χ1v) is 9.07. The highest BCUT2D eigenvalue weighted by atomic mass is 79.9. The second kappa shape index (κ2) is 5.81. The Morgan fingerprint density at radius 2 is 1.87 bits per heavy atom. The first kappa shape index (κ1) is 15.0. The van der Waals surface area contributed by atoms with Crippen LogP contribution in [-0.2, 0) is 13.0 Å². The summed E-state index contributed by atoms with van der Waals surface area (Å²) in [6.45, 7) is 6.48. The summed E-state index contributed by atoms with van der Waals surface area (Å²) in [5, 5.41) is 4.90. The van der Waals surface area contributed by atoms with Crippen molar-refractivity contribution in [3.8, 4) is 5.69 Å². The van der Waals surface area contributed by atoms with Crippen LogP contribution in [0.4, 0.5) is 0 Å². The Bertz CT molecular complexity index is 859. The van der Waals surface area contributed by atoms with Crippen LogP contribution in [0.5, 0.6) is 0 Å². The Labute approximate surface area is 145 Å². The van der Waals surface area contributed by atoms with E-state index in [1.807, 2.05) is 0 Å². The van der Waals surface area contributed by atoms with Crippen LogP contribution in [-0.4, -0.2) is 11.1 Å². The van der Waals surface area contributed by atoms with E-state index >= 15 is 0 Å². The SMILES string of the molecule is CC(C)c1ccc(-n2c3c(c4cc(Br)ccc42)CCNC3)cc1. The zero-order valence-corrected chi connectivity index (χ0v) is 15.2. The minimum Gasteiger partial charge on any atom is -0.312 e. The summed E-state index contributed by atoms with van der Waals surface area (Å²) in [4.78, 5) is 0. The molecule has 0 fully saturated rings. The van der Waals surface area contributed by atoms with E-state index in [9.17, 15) is 0 Å². The van der Waals surface area contributed by atoms with Gasteiger partial charge in [0.25, 0.3) is 0 Å². The number of halogens is 1. The number of fused-ring (bicyclic) bond motifs is 3. The van der Waals surface area contributed by atoms with Crippen LogP contribution >= 0.6 is 15.9 Å². The van der Waals surface area contributed by atoms with Gasteiger partial charge in [-0.25, -0.2) is 0 Å². The van der Waals surface area contributed by atoms with Crippen LogP contribution < -0.4 is 5.32 Å². The van der Waals surface area contributed by atoms with Crippen LogP contribution in [0.15, 0.2) is 46.9 Å². The fraction of sp³-hybridized carbons (Fsp3) is 0.300. The molecule has 1 aromatic heterocycles. The molecule has 0 saturated carbocycles. The molecule has 1 aliphatic rings. The Morgan fingerprint density at radius 3 is 2.61 bits per heavy atom. The summed E-state index contributed by atoms with van der Waals surface area (Å²) >= 11 is 3.63. The lowest BCUT2D eigenvalue weighted by molar-refractivity contribution is 0.625. The summed E-state index contributed by atoms with van der Waals surface area (Å²) in [6, 6.07) is 15.7. The molecule has 4 rings (SSSR count). The minimum absolute atomic E-state index is 0.567. The molecule has 0 atom stereocenters. The fourth-order valence-electron chi connectivity index (χ4n) is 3.57. The fourth-order valence-corrected chi connectivity index (χ4v) is 3.93. The topological polar surface area (TPSA) is 17.0 Å². The van der Waals surface area contributed by atoms with Crippen molar-refractivity contribution in [1.82, 2.24) is 9.88 Å². The summed E-state index contributed by atoms with van der Waals surface area (Å²) in [6.07, 6.45) is 1.10. The molecule has 0 aliphatic carbocycles. The van der Waals surface area contributed by atoms with E-state index in [1.54, 1.807) is 0 Å². The molecule has 2 nitrogen and oxygen atoms in total. The van der Waals surface area contributed by atoms with Gasteiger partial charge in [0.2, 0.25) is 0 Å².